The highest BCUT2D eigenvalue weighted by Gasteiger charge is 2.30. The zero-order chi connectivity index (χ0) is 23.8. The van der Waals surface area contributed by atoms with Crippen molar-refractivity contribution >= 4 is 0 Å². The Morgan fingerprint density at radius 2 is 1.85 bits per heavy atom. The van der Waals surface area contributed by atoms with Crippen molar-refractivity contribution in [3.05, 3.63) is 91.9 Å². The van der Waals surface area contributed by atoms with Crippen LogP contribution in [0.2, 0.25) is 0 Å². The molecule has 12 heteroatoms. The molecule has 0 aliphatic rings. The van der Waals surface area contributed by atoms with Gasteiger partial charge in [0.15, 0.2) is 0 Å². The van der Waals surface area contributed by atoms with E-state index in [-0.39, 0.29) is 24.8 Å². The van der Waals surface area contributed by atoms with Crippen molar-refractivity contribution in [3.63, 3.8) is 0 Å². The van der Waals surface area contributed by atoms with Crippen molar-refractivity contribution in [1.29, 1.82) is 0 Å². The van der Waals surface area contributed by atoms with E-state index in [9.17, 15) is 27.2 Å². The largest absolute Gasteiger partial charge is 0.487 e. The molecule has 0 amide bonds. The molecule has 0 saturated heterocycles. The molecule has 4 rings (SSSR count). The van der Waals surface area contributed by atoms with E-state index in [2.05, 4.69) is 9.51 Å². The zero-order valence-electron chi connectivity index (χ0n) is 16.9. The second-order valence-electron chi connectivity index (χ2n) is 7.03. The summed E-state index contributed by atoms with van der Waals surface area (Å²) in [6.07, 6.45) is -4.45. The number of aryl methyl sites for hydroxylation is 1. The highest BCUT2D eigenvalue weighted by molar-refractivity contribution is 5.54. The number of nitrogens with one attached hydrogen (secondary N) is 1. The van der Waals surface area contributed by atoms with Crippen LogP contribution in [-0.4, -0.2) is 14.7 Å². The van der Waals surface area contributed by atoms with Crippen molar-refractivity contribution in [3.8, 4) is 17.2 Å². The lowest BCUT2D eigenvalue weighted by molar-refractivity contribution is -0.137. The average molecular weight is 465 g/mol. The van der Waals surface area contributed by atoms with E-state index in [1.165, 1.54) is 18.2 Å². The van der Waals surface area contributed by atoms with Gasteiger partial charge in [-0.25, -0.2) is 23.9 Å². The maximum atomic E-state index is 14.0. The first-order valence-electron chi connectivity index (χ1n) is 9.45. The third-order valence-corrected chi connectivity index (χ3v) is 4.61. The molecular weight excluding hydrogens is 450 g/mol. The summed E-state index contributed by atoms with van der Waals surface area (Å²) < 4.78 is 68.7. The summed E-state index contributed by atoms with van der Waals surface area (Å²) in [5.41, 5.74) is -0.550. The van der Waals surface area contributed by atoms with Crippen LogP contribution in [0.1, 0.15) is 22.6 Å². The van der Waals surface area contributed by atoms with Gasteiger partial charge in [0.25, 0.3) is 0 Å². The fourth-order valence-corrected chi connectivity index (χ4v) is 3.02. The Bertz CT molecular complexity index is 1400. The van der Waals surface area contributed by atoms with Crippen molar-refractivity contribution in [1.82, 2.24) is 14.7 Å². The highest BCUT2D eigenvalue weighted by Crippen LogP contribution is 2.31. The summed E-state index contributed by atoms with van der Waals surface area (Å²) in [6, 6.07) is 8.07. The molecular formula is C21H15F4N3O5. The predicted octanol–water partition coefficient (Wildman–Crippen LogP) is 3.88. The molecule has 0 unspecified atom stereocenters. The van der Waals surface area contributed by atoms with Crippen LogP contribution in [0.4, 0.5) is 17.6 Å². The number of ether oxygens (including phenoxy) is 1. The third kappa shape index (κ3) is 5.05. The number of nitrogens with zero attached hydrogens (tertiary/aromatic N) is 2. The van der Waals surface area contributed by atoms with Crippen molar-refractivity contribution in [2.75, 3.05) is 0 Å². The first-order chi connectivity index (χ1) is 15.6. The van der Waals surface area contributed by atoms with Crippen LogP contribution in [-0.2, 0) is 19.3 Å². The van der Waals surface area contributed by atoms with Crippen LogP contribution < -0.4 is 16.2 Å². The molecule has 2 aromatic heterocycles. The molecule has 0 aliphatic carbocycles. The number of rotatable bonds is 6. The number of benzene rings is 2. The Morgan fingerprint density at radius 3 is 2.48 bits per heavy atom. The zero-order valence-corrected chi connectivity index (χ0v) is 16.9. The van der Waals surface area contributed by atoms with Crippen molar-refractivity contribution < 1.29 is 31.2 Å². The minimum Gasteiger partial charge on any atom is -0.487 e. The van der Waals surface area contributed by atoms with E-state index in [0.717, 1.165) is 29.0 Å². The van der Waals surface area contributed by atoms with Crippen LogP contribution in [0.15, 0.2) is 61.0 Å². The Balaban J connectivity index is 1.49. The van der Waals surface area contributed by atoms with E-state index in [1.54, 1.807) is 6.92 Å². The summed E-state index contributed by atoms with van der Waals surface area (Å²) in [5, 5.41) is 0. The number of halogens is 4. The van der Waals surface area contributed by atoms with E-state index in [4.69, 9.17) is 9.15 Å². The monoisotopic (exact) mass is 465 g/mol. The van der Waals surface area contributed by atoms with Gasteiger partial charge >= 0.3 is 17.6 Å². The summed E-state index contributed by atoms with van der Waals surface area (Å²) in [4.78, 5) is 28.8. The molecule has 0 saturated carbocycles. The van der Waals surface area contributed by atoms with Crippen LogP contribution in [0.25, 0.3) is 11.5 Å². The molecule has 1 N–H and O–H groups in total. The molecule has 0 spiro atoms. The molecule has 2 heterocycles. The van der Waals surface area contributed by atoms with E-state index in [0.29, 0.717) is 22.6 Å². The topological polar surface area (TPSA) is 103 Å². The fraction of sp³-hybridized carbons (Fsp3) is 0.190. The molecule has 172 valence electrons. The number of aromatic amines is 1. The van der Waals surface area contributed by atoms with E-state index in [1.807, 2.05) is 4.98 Å². The Hall–Kier alpha value is -4.09. The number of H-pyrrole nitrogens is 1. The normalized spacial score (nSPS) is 11.7. The molecule has 0 radical (unpaired) electrons. The van der Waals surface area contributed by atoms with E-state index >= 15 is 0 Å². The number of aromatic nitrogens is 3. The standard InChI is InChI=1S/C21H15F4N3O5/c1-11-17(26-18(32-11)13-2-4-14(5-3-13)21(23,24)25)10-31-16-7-12(6-15(22)8-16)9-28-19(29)27-20(30)33-28/h2-8H,9-10H2,1H3,(H,27,29,30). The molecule has 0 aliphatic heterocycles. The van der Waals surface area contributed by atoms with Gasteiger partial charge in [0.2, 0.25) is 5.89 Å². The first-order valence-corrected chi connectivity index (χ1v) is 9.45. The minimum atomic E-state index is -4.45. The van der Waals surface area contributed by atoms with Crippen LogP contribution >= 0.6 is 0 Å². The second-order valence-corrected chi connectivity index (χ2v) is 7.03. The minimum absolute atomic E-state index is 0.113. The molecule has 0 bridgehead atoms. The van der Waals surface area contributed by atoms with Gasteiger partial charge in [0.1, 0.15) is 29.6 Å². The number of hydrogen-bond donors (Lipinski definition) is 1. The van der Waals surface area contributed by atoms with E-state index < -0.39 is 29.0 Å². The predicted molar refractivity (Wildman–Crippen MR) is 105 cm³/mol. The quantitative estimate of drug-likeness (QED) is 0.434. The number of oxazole rings is 1. The van der Waals surface area contributed by atoms with Crippen LogP contribution in [0.5, 0.6) is 5.75 Å². The van der Waals surface area contributed by atoms with Crippen molar-refractivity contribution in [2.45, 2.75) is 26.3 Å². The Kier molecular flexibility index (Phi) is 5.66. The fourth-order valence-electron chi connectivity index (χ4n) is 3.02. The lowest BCUT2D eigenvalue weighted by Gasteiger charge is -2.07. The lowest BCUT2D eigenvalue weighted by Crippen LogP contribution is -2.17. The van der Waals surface area contributed by atoms with Gasteiger partial charge in [0, 0.05) is 11.6 Å². The molecule has 0 fully saturated rings. The SMILES string of the molecule is Cc1oc(-c2ccc(C(F)(F)F)cc2)nc1COc1cc(F)cc(Cn2oc(=O)[nH]c2=O)c1. The number of alkyl halides is 3. The van der Waals surface area contributed by atoms with Crippen LogP contribution in [0, 0.1) is 12.7 Å². The molecule has 0 atom stereocenters. The second kappa shape index (κ2) is 8.45. The molecule has 33 heavy (non-hydrogen) atoms. The van der Waals surface area contributed by atoms with Gasteiger partial charge in [-0.1, -0.05) is 0 Å². The van der Waals surface area contributed by atoms with Gasteiger partial charge in [0.05, 0.1) is 12.1 Å². The summed E-state index contributed by atoms with van der Waals surface area (Å²) >= 11 is 0. The van der Waals surface area contributed by atoms with Gasteiger partial charge < -0.3 is 13.7 Å². The van der Waals surface area contributed by atoms with Crippen molar-refractivity contribution in [2.24, 2.45) is 0 Å². The van der Waals surface area contributed by atoms with Gasteiger partial charge in [-0.2, -0.15) is 13.2 Å². The number of hydrogen-bond acceptors (Lipinski definition) is 6. The van der Waals surface area contributed by atoms with Gasteiger partial charge in [-0.15, -0.1) is 4.74 Å². The summed E-state index contributed by atoms with van der Waals surface area (Å²) in [7, 11) is 0. The Labute approximate surface area is 182 Å². The highest BCUT2D eigenvalue weighted by atomic mass is 19.4. The van der Waals surface area contributed by atoms with Gasteiger partial charge in [-0.05, 0) is 48.9 Å². The third-order valence-electron chi connectivity index (χ3n) is 4.61. The van der Waals surface area contributed by atoms with Gasteiger partial charge in [-0.3, -0.25) is 0 Å². The molecule has 2 aromatic carbocycles. The summed E-state index contributed by atoms with van der Waals surface area (Å²) in [6.45, 7) is 1.29. The van der Waals surface area contributed by atoms with Crippen LogP contribution in [0.3, 0.4) is 0 Å². The smallest absolute Gasteiger partial charge is 0.440 e. The average Bonchev–Trinajstić information content (AvgIpc) is 3.26. The Morgan fingerprint density at radius 1 is 1.12 bits per heavy atom. The molecule has 4 aromatic rings. The maximum Gasteiger partial charge on any atom is 0.440 e. The first kappa shape index (κ1) is 22.1. The maximum absolute atomic E-state index is 14.0. The lowest BCUT2D eigenvalue weighted by atomic mass is 10.1. The summed E-state index contributed by atoms with van der Waals surface area (Å²) in [5.74, 6) is -0.966. The molecule has 8 nitrogen and oxygen atoms in total.